The van der Waals surface area contributed by atoms with Crippen LogP contribution in [0.1, 0.15) is 63.4 Å². The summed E-state index contributed by atoms with van der Waals surface area (Å²) in [7, 11) is 1.89. The molecule has 0 aliphatic heterocycles. The molecule has 2 fully saturated rings. The van der Waals surface area contributed by atoms with E-state index in [0.29, 0.717) is 6.04 Å². The van der Waals surface area contributed by atoms with Crippen LogP contribution < -0.4 is 5.32 Å². The predicted molar refractivity (Wildman–Crippen MR) is 106 cm³/mol. The molecule has 0 unspecified atom stereocenters. The molecule has 0 atom stereocenters. The van der Waals surface area contributed by atoms with Crippen molar-refractivity contribution in [1.29, 1.82) is 0 Å². The molecule has 1 N–H and O–H groups in total. The smallest absolute Gasteiger partial charge is 0.225 e. The number of likely N-dealkylation sites (N-methyl/N-ethyl adjacent to an activating group) is 1. The molecule has 1 aromatic heterocycles. The van der Waals surface area contributed by atoms with Gasteiger partial charge < -0.3 is 10.2 Å². The summed E-state index contributed by atoms with van der Waals surface area (Å²) in [6, 6.07) is 4.37. The van der Waals surface area contributed by atoms with Gasteiger partial charge in [-0.15, -0.1) is 0 Å². The van der Waals surface area contributed by atoms with Gasteiger partial charge in [-0.1, -0.05) is 19.3 Å². The number of nitrogens with one attached hydrogen (secondary N) is 1. The van der Waals surface area contributed by atoms with Crippen molar-refractivity contribution >= 4 is 11.8 Å². The molecule has 0 spiro atoms. The molecule has 0 radical (unpaired) electrons. The van der Waals surface area contributed by atoms with Gasteiger partial charge in [0.05, 0.1) is 0 Å². The van der Waals surface area contributed by atoms with Crippen molar-refractivity contribution in [2.75, 3.05) is 13.6 Å². The lowest BCUT2D eigenvalue weighted by atomic mass is 9.80. The van der Waals surface area contributed by atoms with Crippen LogP contribution in [0, 0.1) is 11.8 Å². The quantitative estimate of drug-likeness (QED) is 0.834. The molecule has 5 heteroatoms. The summed E-state index contributed by atoms with van der Waals surface area (Å²) in [6.45, 7) is 0.727. The third kappa shape index (κ3) is 5.78. The summed E-state index contributed by atoms with van der Waals surface area (Å²) in [5.74, 6) is 0.623. The number of carbonyl (C=O) groups excluding carboxylic acids is 2. The molecule has 5 nitrogen and oxygen atoms in total. The van der Waals surface area contributed by atoms with Gasteiger partial charge in [0.1, 0.15) is 0 Å². The predicted octanol–water partition coefficient (Wildman–Crippen LogP) is 3.34. The third-order valence-corrected chi connectivity index (χ3v) is 6.26. The third-order valence-electron chi connectivity index (χ3n) is 6.26. The first-order valence-electron chi connectivity index (χ1n) is 10.6. The van der Waals surface area contributed by atoms with Gasteiger partial charge in [0.2, 0.25) is 11.8 Å². The SMILES string of the molecule is CN(CCc1ccncc1)C(=O)C1CCC(C(=O)NC2CCCCC2)CC1. The van der Waals surface area contributed by atoms with Crippen molar-refractivity contribution in [3.8, 4) is 0 Å². The summed E-state index contributed by atoms with van der Waals surface area (Å²) >= 11 is 0. The molecular formula is C22H33N3O2. The van der Waals surface area contributed by atoms with E-state index in [4.69, 9.17) is 0 Å². The molecule has 148 valence electrons. The van der Waals surface area contributed by atoms with Crippen LogP contribution in [0.25, 0.3) is 0 Å². The lowest BCUT2D eigenvalue weighted by molar-refractivity contribution is -0.137. The number of carbonyl (C=O) groups is 2. The minimum Gasteiger partial charge on any atom is -0.353 e. The Morgan fingerprint density at radius 2 is 1.63 bits per heavy atom. The Bertz CT molecular complexity index is 605. The lowest BCUT2D eigenvalue weighted by Crippen LogP contribution is -2.42. The monoisotopic (exact) mass is 371 g/mol. The average molecular weight is 372 g/mol. The Hall–Kier alpha value is -1.91. The normalized spacial score (nSPS) is 23.6. The number of amides is 2. The van der Waals surface area contributed by atoms with Gasteiger partial charge in [-0.05, 0) is 62.6 Å². The van der Waals surface area contributed by atoms with Crippen molar-refractivity contribution in [1.82, 2.24) is 15.2 Å². The highest BCUT2D eigenvalue weighted by atomic mass is 16.2. The van der Waals surface area contributed by atoms with Gasteiger partial charge in [-0.3, -0.25) is 14.6 Å². The van der Waals surface area contributed by atoms with Crippen LogP contribution >= 0.6 is 0 Å². The van der Waals surface area contributed by atoms with E-state index in [1.807, 2.05) is 24.1 Å². The van der Waals surface area contributed by atoms with E-state index in [0.717, 1.165) is 51.5 Å². The molecule has 0 saturated heterocycles. The van der Waals surface area contributed by atoms with Crippen molar-refractivity contribution in [3.63, 3.8) is 0 Å². The zero-order valence-electron chi connectivity index (χ0n) is 16.5. The molecule has 1 aromatic rings. The largest absolute Gasteiger partial charge is 0.353 e. The van der Waals surface area contributed by atoms with Crippen LogP contribution in [0.2, 0.25) is 0 Å². The summed E-state index contributed by atoms with van der Waals surface area (Å²) in [5, 5.41) is 3.25. The van der Waals surface area contributed by atoms with E-state index in [1.54, 1.807) is 12.4 Å². The Morgan fingerprint density at radius 3 is 2.30 bits per heavy atom. The average Bonchev–Trinajstić information content (AvgIpc) is 2.73. The highest BCUT2D eigenvalue weighted by molar-refractivity contribution is 5.81. The first kappa shape index (κ1) is 19.8. The van der Waals surface area contributed by atoms with Crippen LogP contribution in [-0.4, -0.2) is 41.3 Å². The van der Waals surface area contributed by atoms with Crippen molar-refractivity contribution in [3.05, 3.63) is 30.1 Å². The molecule has 0 aromatic carbocycles. The van der Waals surface area contributed by atoms with Crippen LogP contribution in [0.15, 0.2) is 24.5 Å². The van der Waals surface area contributed by atoms with Crippen molar-refractivity contribution in [2.45, 2.75) is 70.3 Å². The number of nitrogens with zero attached hydrogens (tertiary/aromatic N) is 2. The zero-order valence-corrected chi connectivity index (χ0v) is 16.5. The molecule has 2 amide bonds. The standard InChI is InChI=1S/C22H33N3O2/c1-25(16-13-17-11-14-23-15-12-17)22(27)19-9-7-18(8-10-19)21(26)24-20-5-3-2-4-6-20/h11-12,14-15,18-20H,2-10,13,16H2,1H3,(H,24,26). The maximum Gasteiger partial charge on any atom is 0.225 e. The van der Waals surface area contributed by atoms with Crippen molar-refractivity contribution < 1.29 is 9.59 Å². The highest BCUT2D eigenvalue weighted by Crippen LogP contribution is 2.30. The topological polar surface area (TPSA) is 62.3 Å². The fraction of sp³-hybridized carbons (Fsp3) is 0.682. The van der Waals surface area contributed by atoms with E-state index in [2.05, 4.69) is 10.3 Å². The van der Waals surface area contributed by atoms with Crippen LogP contribution in [0.5, 0.6) is 0 Å². The molecule has 3 rings (SSSR count). The second-order valence-electron chi connectivity index (χ2n) is 8.26. The second kappa shape index (κ2) is 9.86. The first-order chi connectivity index (χ1) is 13.1. The Morgan fingerprint density at radius 1 is 1.00 bits per heavy atom. The fourth-order valence-electron chi connectivity index (χ4n) is 4.44. The number of rotatable bonds is 6. The Balaban J connectivity index is 1.39. The zero-order chi connectivity index (χ0) is 19.1. The highest BCUT2D eigenvalue weighted by Gasteiger charge is 2.32. The fourth-order valence-corrected chi connectivity index (χ4v) is 4.44. The van der Waals surface area contributed by atoms with E-state index < -0.39 is 0 Å². The number of hydrogen-bond acceptors (Lipinski definition) is 3. The van der Waals surface area contributed by atoms with E-state index in [9.17, 15) is 9.59 Å². The van der Waals surface area contributed by atoms with Crippen LogP contribution in [0.3, 0.4) is 0 Å². The Labute approximate surface area is 162 Å². The van der Waals surface area contributed by atoms with E-state index >= 15 is 0 Å². The van der Waals surface area contributed by atoms with Crippen LogP contribution in [0.4, 0.5) is 0 Å². The molecule has 1 heterocycles. The minimum absolute atomic E-state index is 0.0752. The van der Waals surface area contributed by atoms with Gasteiger partial charge in [-0.25, -0.2) is 0 Å². The maximum absolute atomic E-state index is 12.7. The second-order valence-corrected chi connectivity index (χ2v) is 8.26. The van der Waals surface area contributed by atoms with Gasteiger partial charge in [0.15, 0.2) is 0 Å². The lowest BCUT2D eigenvalue weighted by Gasteiger charge is -2.31. The van der Waals surface area contributed by atoms with Gasteiger partial charge in [-0.2, -0.15) is 0 Å². The maximum atomic E-state index is 12.7. The molecule has 0 bridgehead atoms. The van der Waals surface area contributed by atoms with E-state index in [-0.39, 0.29) is 23.7 Å². The summed E-state index contributed by atoms with van der Waals surface area (Å²) in [5.41, 5.74) is 1.20. The molecule has 2 aliphatic carbocycles. The summed E-state index contributed by atoms with van der Waals surface area (Å²) < 4.78 is 0. The number of hydrogen-bond donors (Lipinski definition) is 1. The van der Waals surface area contributed by atoms with Gasteiger partial charge in [0.25, 0.3) is 0 Å². The summed E-state index contributed by atoms with van der Waals surface area (Å²) in [4.78, 5) is 31.1. The van der Waals surface area contributed by atoms with Gasteiger partial charge >= 0.3 is 0 Å². The molecule has 2 aliphatic rings. The molecule has 2 saturated carbocycles. The van der Waals surface area contributed by atoms with E-state index in [1.165, 1.54) is 24.8 Å². The van der Waals surface area contributed by atoms with Crippen molar-refractivity contribution in [2.24, 2.45) is 11.8 Å². The number of aromatic nitrogens is 1. The van der Waals surface area contributed by atoms with Gasteiger partial charge in [0, 0.05) is 43.9 Å². The first-order valence-corrected chi connectivity index (χ1v) is 10.6. The number of pyridine rings is 1. The van der Waals surface area contributed by atoms with Crippen LogP contribution in [-0.2, 0) is 16.0 Å². The molecule has 27 heavy (non-hydrogen) atoms. The summed E-state index contributed by atoms with van der Waals surface area (Å²) in [6.07, 6.45) is 13.8. The molecular weight excluding hydrogens is 338 g/mol. The Kier molecular flexibility index (Phi) is 7.25. The minimum atomic E-state index is 0.0752.